The third-order valence-electron chi connectivity index (χ3n) is 12.6. The van der Waals surface area contributed by atoms with E-state index in [2.05, 4.69) is 41.3 Å². The van der Waals surface area contributed by atoms with Crippen molar-refractivity contribution in [3.05, 3.63) is 34.4 Å². The number of urea groups is 1. The van der Waals surface area contributed by atoms with Gasteiger partial charge >= 0.3 is 11.7 Å². The maximum atomic E-state index is 12.7. The lowest BCUT2D eigenvalue weighted by atomic mass is 9.43. The molecular formula is C32H50N4O4. The Labute approximate surface area is 239 Å². The van der Waals surface area contributed by atoms with Gasteiger partial charge in [0, 0.05) is 56.8 Å². The van der Waals surface area contributed by atoms with Gasteiger partial charge in [-0.1, -0.05) is 13.8 Å². The number of carbonyl (C=O) groups excluding carboxylic acids is 1. The van der Waals surface area contributed by atoms with Crippen molar-refractivity contribution < 1.29 is 14.3 Å². The zero-order valence-corrected chi connectivity index (χ0v) is 24.8. The van der Waals surface area contributed by atoms with E-state index >= 15 is 0 Å². The second kappa shape index (κ2) is 10.7. The van der Waals surface area contributed by atoms with Gasteiger partial charge in [0.05, 0.1) is 11.9 Å². The van der Waals surface area contributed by atoms with E-state index in [0.29, 0.717) is 24.3 Å². The fourth-order valence-corrected chi connectivity index (χ4v) is 10.1. The lowest BCUT2D eigenvalue weighted by Gasteiger charge is -2.63. The Kier molecular flexibility index (Phi) is 7.58. The second-order valence-electron chi connectivity index (χ2n) is 14.4. The predicted octanol–water partition coefficient (Wildman–Crippen LogP) is 3.80. The molecule has 1 aliphatic heterocycles. The van der Waals surface area contributed by atoms with Crippen molar-refractivity contribution in [2.45, 2.75) is 89.2 Å². The van der Waals surface area contributed by atoms with Gasteiger partial charge in [0.2, 0.25) is 0 Å². The Morgan fingerprint density at radius 1 is 1.02 bits per heavy atom. The minimum atomic E-state index is -0.677. The van der Waals surface area contributed by atoms with Crippen molar-refractivity contribution in [3.63, 3.8) is 0 Å². The molecule has 2 amide bonds. The monoisotopic (exact) mass is 554 g/mol. The fourth-order valence-electron chi connectivity index (χ4n) is 10.1. The van der Waals surface area contributed by atoms with Crippen molar-refractivity contribution in [2.75, 3.05) is 46.3 Å². The first-order valence-electron chi connectivity index (χ1n) is 15.9. The van der Waals surface area contributed by atoms with Gasteiger partial charge in [-0.05, 0) is 106 Å². The summed E-state index contributed by atoms with van der Waals surface area (Å²) in [6, 6.07) is 3.65. The number of likely N-dealkylation sites (N-methyl/N-ethyl adjacent to an activating group) is 1. The van der Waals surface area contributed by atoms with Crippen LogP contribution >= 0.6 is 0 Å². The summed E-state index contributed by atoms with van der Waals surface area (Å²) in [5, 5.41) is 18.9. The molecule has 4 aliphatic carbocycles. The van der Waals surface area contributed by atoms with E-state index in [1.54, 1.807) is 6.26 Å². The standard InChI is InChI=1S/C32H50N4O4/c1-30-11-8-24(34-29(38)33-14-15-36-18-16-35(3)17-19-36)20-23(30)5-6-27-26(30)9-12-31(2)25(10-13-32(27,31)39)22-4-7-28(37)40-21-22/h4,7,21,23-27,39H,5-6,8-20H2,1-3H3,(H2,33,34,38)/t23-,24+,25-,26+,27-,30?,31?,32+/m1/s1. The highest BCUT2D eigenvalue weighted by Gasteiger charge is 2.67. The average Bonchev–Trinajstić information content (AvgIpc) is 3.21. The van der Waals surface area contributed by atoms with Crippen LogP contribution in [0.2, 0.25) is 0 Å². The van der Waals surface area contributed by atoms with E-state index in [9.17, 15) is 14.7 Å². The Bertz CT molecular complexity index is 1110. The zero-order chi connectivity index (χ0) is 28.1. The van der Waals surface area contributed by atoms with E-state index in [4.69, 9.17) is 4.42 Å². The highest BCUT2D eigenvalue weighted by Crippen LogP contribution is 2.70. The minimum absolute atomic E-state index is 0.0205. The van der Waals surface area contributed by atoms with E-state index < -0.39 is 5.60 Å². The van der Waals surface area contributed by atoms with Crippen LogP contribution in [-0.4, -0.2) is 78.9 Å². The first-order chi connectivity index (χ1) is 19.1. The van der Waals surface area contributed by atoms with Crippen molar-refractivity contribution in [2.24, 2.45) is 28.6 Å². The summed E-state index contributed by atoms with van der Waals surface area (Å²) in [6.07, 6.45) is 10.9. The molecule has 5 fully saturated rings. The predicted molar refractivity (Wildman–Crippen MR) is 155 cm³/mol. The number of rotatable bonds is 5. The number of nitrogens with one attached hydrogen (secondary N) is 2. The van der Waals surface area contributed by atoms with Crippen LogP contribution in [0.4, 0.5) is 4.79 Å². The second-order valence-corrected chi connectivity index (χ2v) is 14.4. The number of fused-ring (bicyclic) bond motifs is 5. The summed E-state index contributed by atoms with van der Waals surface area (Å²) in [6.45, 7) is 10.7. The number of hydrogen-bond acceptors (Lipinski definition) is 6. The Balaban J connectivity index is 1.06. The van der Waals surface area contributed by atoms with Crippen LogP contribution in [0.1, 0.15) is 83.1 Å². The molecule has 0 spiro atoms. The summed E-state index contributed by atoms with van der Waals surface area (Å²) >= 11 is 0. The molecule has 4 saturated carbocycles. The lowest BCUT2D eigenvalue weighted by molar-refractivity contribution is -0.201. The Morgan fingerprint density at radius 3 is 2.58 bits per heavy atom. The number of hydrogen-bond donors (Lipinski definition) is 3. The van der Waals surface area contributed by atoms with Crippen molar-refractivity contribution >= 4 is 6.03 Å². The first kappa shape index (κ1) is 28.2. The molecule has 40 heavy (non-hydrogen) atoms. The van der Waals surface area contributed by atoms with Gasteiger partial charge in [-0.25, -0.2) is 9.59 Å². The van der Waals surface area contributed by atoms with Gasteiger partial charge in [0.15, 0.2) is 0 Å². The highest BCUT2D eigenvalue weighted by atomic mass is 16.4. The van der Waals surface area contributed by atoms with Gasteiger partial charge in [-0.2, -0.15) is 0 Å². The number of aliphatic hydroxyl groups is 1. The van der Waals surface area contributed by atoms with Crippen molar-refractivity contribution in [1.29, 1.82) is 0 Å². The van der Waals surface area contributed by atoms with Crippen LogP contribution in [0.15, 0.2) is 27.6 Å². The smallest absolute Gasteiger partial charge is 0.335 e. The van der Waals surface area contributed by atoms with Crippen LogP contribution in [0, 0.1) is 28.6 Å². The molecule has 222 valence electrons. The van der Waals surface area contributed by atoms with Gasteiger partial charge in [-0.3, -0.25) is 4.90 Å². The Morgan fingerprint density at radius 2 is 1.82 bits per heavy atom. The zero-order valence-electron chi connectivity index (χ0n) is 24.8. The number of amides is 2. The molecule has 8 heteroatoms. The van der Waals surface area contributed by atoms with Gasteiger partial charge in [0.25, 0.3) is 0 Å². The lowest BCUT2D eigenvalue weighted by Crippen LogP contribution is -2.62. The van der Waals surface area contributed by atoms with E-state index in [-0.39, 0.29) is 34.4 Å². The molecule has 2 heterocycles. The molecule has 0 aromatic carbocycles. The molecule has 2 unspecified atom stereocenters. The average molecular weight is 555 g/mol. The molecule has 8 atom stereocenters. The van der Waals surface area contributed by atoms with Gasteiger partial charge in [0.1, 0.15) is 0 Å². The van der Waals surface area contributed by atoms with Crippen LogP contribution < -0.4 is 16.3 Å². The summed E-state index contributed by atoms with van der Waals surface area (Å²) < 4.78 is 5.24. The SMILES string of the molecule is CN1CCN(CCNC(=O)N[C@H]2CCC3(C)[C@H](CC[C@@H]4[C@@H]3CCC3(C)[C@@H](c5ccc(=O)oc5)CC[C@]43O)C2)CC1. The topological polar surface area (TPSA) is 98.1 Å². The normalized spacial score (nSPS) is 42.0. The highest BCUT2D eigenvalue weighted by molar-refractivity contribution is 5.74. The molecule has 8 nitrogen and oxygen atoms in total. The molecule has 0 bridgehead atoms. The summed E-state index contributed by atoms with van der Waals surface area (Å²) in [7, 11) is 2.16. The third-order valence-corrected chi connectivity index (χ3v) is 12.6. The summed E-state index contributed by atoms with van der Waals surface area (Å²) in [4.78, 5) is 29.1. The Hall–Kier alpha value is -1.90. The maximum Gasteiger partial charge on any atom is 0.335 e. The van der Waals surface area contributed by atoms with Crippen LogP contribution in [0.5, 0.6) is 0 Å². The van der Waals surface area contributed by atoms with Crippen LogP contribution in [-0.2, 0) is 0 Å². The number of carbonyl (C=O) groups is 1. The minimum Gasteiger partial charge on any atom is -0.431 e. The van der Waals surface area contributed by atoms with E-state index in [1.165, 1.54) is 6.07 Å². The molecule has 5 aliphatic rings. The maximum absolute atomic E-state index is 12.7. The molecule has 6 rings (SSSR count). The third kappa shape index (κ3) is 4.82. The molecule has 0 radical (unpaired) electrons. The van der Waals surface area contributed by atoms with Gasteiger partial charge < -0.3 is 25.1 Å². The van der Waals surface area contributed by atoms with Gasteiger partial charge in [-0.15, -0.1) is 0 Å². The largest absolute Gasteiger partial charge is 0.431 e. The van der Waals surface area contributed by atoms with E-state index in [0.717, 1.165) is 96.1 Å². The fraction of sp³-hybridized carbons (Fsp3) is 0.812. The first-order valence-corrected chi connectivity index (χ1v) is 15.9. The number of nitrogens with zero attached hydrogens (tertiary/aromatic N) is 2. The molecule has 1 aromatic heterocycles. The molecule has 1 saturated heterocycles. The molecule has 1 aromatic rings. The summed E-state index contributed by atoms with van der Waals surface area (Å²) in [5.74, 6) is 1.65. The van der Waals surface area contributed by atoms with Crippen molar-refractivity contribution in [1.82, 2.24) is 20.4 Å². The van der Waals surface area contributed by atoms with Crippen LogP contribution in [0.25, 0.3) is 0 Å². The van der Waals surface area contributed by atoms with Crippen LogP contribution in [0.3, 0.4) is 0 Å². The molecular weight excluding hydrogens is 504 g/mol. The summed E-state index contributed by atoms with van der Waals surface area (Å²) in [5.41, 5.74) is 0.0881. The van der Waals surface area contributed by atoms with Crippen molar-refractivity contribution in [3.8, 4) is 0 Å². The van der Waals surface area contributed by atoms with E-state index in [1.807, 2.05) is 6.07 Å². The quantitative estimate of drug-likeness (QED) is 0.512. The number of piperazine rings is 1. The molecule has 3 N–H and O–H groups in total.